The van der Waals surface area contributed by atoms with Crippen LogP contribution < -0.4 is 5.32 Å². The number of likely N-dealkylation sites (tertiary alicyclic amines) is 1. The number of halogens is 1. The zero-order chi connectivity index (χ0) is 14.7. The van der Waals surface area contributed by atoms with E-state index in [-0.39, 0.29) is 29.9 Å². The van der Waals surface area contributed by atoms with Crippen LogP contribution in [-0.2, 0) is 4.79 Å². The highest BCUT2D eigenvalue weighted by atomic mass is 35.5. The molecule has 0 spiro atoms. The maximum Gasteiger partial charge on any atom is 0.237 e. The van der Waals surface area contributed by atoms with Gasteiger partial charge in [0.1, 0.15) is 6.04 Å². The predicted molar refractivity (Wildman–Crippen MR) is 83.3 cm³/mol. The van der Waals surface area contributed by atoms with Crippen molar-refractivity contribution in [3.63, 3.8) is 0 Å². The van der Waals surface area contributed by atoms with Gasteiger partial charge in [0.25, 0.3) is 0 Å². The molecular formula is C16H24ClN3O2. The van der Waals surface area contributed by atoms with Gasteiger partial charge >= 0.3 is 0 Å². The number of aliphatic hydroxyl groups is 1. The number of nitrogens with one attached hydrogen (secondary N) is 1. The molecule has 5 aliphatic rings. The van der Waals surface area contributed by atoms with Crippen molar-refractivity contribution < 1.29 is 9.90 Å². The molecule has 4 saturated carbocycles. The molecule has 0 aromatic rings. The van der Waals surface area contributed by atoms with Crippen LogP contribution in [0.2, 0.25) is 0 Å². The molecule has 5 nitrogen and oxygen atoms in total. The van der Waals surface area contributed by atoms with Crippen molar-refractivity contribution in [3.05, 3.63) is 0 Å². The van der Waals surface area contributed by atoms with Crippen LogP contribution in [0, 0.1) is 23.2 Å². The molecule has 0 aromatic carbocycles. The molecule has 6 heteroatoms. The van der Waals surface area contributed by atoms with E-state index in [1.165, 1.54) is 6.42 Å². The van der Waals surface area contributed by atoms with Gasteiger partial charge in [-0.1, -0.05) is 0 Å². The van der Waals surface area contributed by atoms with Crippen molar-refractivity contribution >= 4 is 18.3 Å². The summed E-state index contributed by atoms with van der Waals surface area (Å²) in [5, 5.41) is 23.2. The molecule has 4 bridgehead atoms. The number of carbonyl (C=O) groups excluding carboxylic acids is 1. The Labute approximate surface area is 137 Å². The molecule has 0 radical (unpaired) electrons. The van der Waals surface area contributed by atoms with Gasteiger partial charge in [0.05, 0.1) is 18.2 Å². The third-order valence-corrected chi connectivity index (χ3v) is 6.31. The van der Waals surface area contributed by atoms with Gasteiger partial charge < -0.3 is 15.3 Å². The fraction of sp³-hybridized carbons (Fsp3) is 0.875. The lowest BCUT2D eigenvalue weighted by Gasteiger charge is -2.38. The Morgan fingerprint density at radius 3 is 2.95 bits per heavy atom. The third kappa shape index (κ3) is 2.33. The first-order valence-electron chi connectivity index (χ1n) is 8.20. The smallest absolute Gasteiger partial charge is 0.237 e. The highest BCUT2D eigenvalue weighted by Gasteiger charge is 2.63. The molecule has 1 heterocycles. The van der Waals surface area contributed by atoms with E-state index in [0.717, 1.165) is 38.5 Å². The van der Waals surface area contributed by atoms with E-state index >= 15 is 0 Å². The fourth-order valence-electron chi connectivity index (χ4n) is 5.69. The molecule has 2 N–H and O–H groups in total. The van der Waals surface area contributed by atoms with Gasteiger partial charge in [0.2, 0.25) is 5.91 Å². The number of hydrogen-bond acceptors (Lipinski definition) is 4. The van der Waals surface area contributed by atoms with E-state index in [1.807, 2.05) is 0 Å². The van der Waals surface area contributed by atoms with Crippen LogP contribution in [0.3, 0.4) is 0 Å². The van der Waals surface area contributed by atoms with Crippen LogP contribution in [0.15, 0.2) is 0 Å². The lowest BCUT2D eigenvalue weighted by atomic mass is 9.77. The van der Waals surface area contributed by atoms with Gasteiger partial charge in [-0.3, -0.25) is 4.79 Å². The van der Waals surface area contributed by atoms with E-state index in [2.05, 4.69) is 11.4 Å². The number of hydrogen-bond donors (Lipinski definition) is 2. The third-order valence-electron chi connectivity index (χ3n) is 6.31. The molecule has 1 amide bonds. The molecule has 1 aliphatic heterocycles. The van der Waals surface area contributed by atoms with Crippen molar-refractivity contribution in [3.8, 4) is 6.07 Å². The van der Waals surface area contributed by atoms with Crippen LogP contribution in [0.25, 0.3) is 0 Å². The summed E-state index contributed by atoms with van der Waals surface area (Å²) in [7, 11) is 0. The van der Waals surface area contributed by atoms with E-state index in [1.54, 1.807) is 4.90 Å². The number of rotatable bonds is 3. The summed E-state index contributed by atoms with van der Waals surface area (Å²) < 4.78 is 0. The van der Waals surface area contributed by atoms with Crippen LogP contribution in [-0.4, -0.2) is 46.2 Å². The number of carbonyl (C=O) groups is 1. The molecular weight excluding hydrogens is 302 g/mol. The number of nitriles is 1. The first-order chi connectivity index (χ1) is 10.0. The highest BCUT2D eigenvalue weighted by molar-refractivity contribution is 5.85. The van der Waals surface area contributed by atoms with Crippen molar-refractivity contribution in [2.45, 2.75) is 62.1 Å². The van der Waals surface area contributed by atoms with Crippen LogP contribution in [0.4, 0.5) is 0 Å². The minimum Gasteiger partial charge on any atom is -0.390 e. The van der Waals surface area contributed by atoms with Gasteiger partial charge in [-0.2, -0.15) is 5.26 Å². The summed E-state index contributed by atoms with van der Waals surface area (Å²) in [5.74, 6) is 1.20. The summed E-state index contributed by atoms with van der Waals surface area (Å²) in [4.78, 5) is 14.1. The van der Waals surface area contributed by atoms with Gasteiger partial charge in [0.15, 0.2) is 0 Å². The summed E-state index contributed by atoms with van der Waals surface area (Å²) in [6.45, 7) is 1.03. The summed E-state index contributed by atoms with van der Waals surface area (Å²) in [6, 6.07) is 1.99. The Morgan fingerprint density at radius 1 is 1.41 bits per heavy atom. The molecule has 5 fully saturated rings. The van der Waals surface area contributed by atoms with Gasteiger partial charge in [-0.05, 0) is 56.8 Å². The Hall–Kier alpha value is -0.830. The van der Waals surface area contributed by atoms with E-state index in [0.29, 0.717) is 24.9 Å². The second-order valence-corrected chi connectivity index (χ2v) is 7.70. The van der Waals surface area contributed by atoms with Crippen LogP contribution >= 0.6 is 12.4 Å². The zero-order valence-corrected chi connectivity index (χ0v) is 13.6. The monoisotopic (exact) mass is 325 g/mol. The molecule has 122 valence electrons. The normalized spacial score (nSPS) is 44.9. The summed E-state index contributed by atoms with van der Waals surface area (Å²) in [6.07, 6.45) is 6.69. The largest absolute Gasteiger partial charge is 0.390 e. The Morgan fingerprint density at radius 2 is 2.23 bits per heavy atom. The van der Waals surface area contributed by atoms with Crippen molar-refractivity contribution in [1.29, 1.82) is 5.26 Å². The molecule has 5 rings (SSSR count). The van der Waals surface area contributed by atoms with Crippen molar-refractivity contribution in [1.82, 2.24) is 10.2 Å². The second-order valence-electron chi connectivity index (χ2n) is 7.70. The lowest BCUT2D eigenvalue weighted by Crippen LogP contribution is -2.52. The molecule has 1 saturated heterocycles. The SMILES string of the molecule is Cl.N#C[C@@H]1CCCN1C(=O)CNC12CC3CC1CC(O)(C3)C2. The molecule has 4 unspecified atom stereocenters. The van der Waals surface area contributed by atoms with Crippen LogP contribution in [0.1, 0.15) is 44.9 Å². The maximum absolute atomic E-state index is 12.4. The van der Waals surface area contributed by atoms with Crippen molar-refractivity contribution in [2.24, 2.45) is 11.8 Å². The van der Waals surface area contributed by atoms with Crippen LogP contribution in [0.5, 0.6) is 0 Å². The second kappa shape index (κ2) is 5.36. The first-order valence-corrected chi connectivity index (χ1v) is 8.20. The van der Waals surface area contributed by atoms with Gasteiger partial charge in [0, 0.05) is 12.1 Å². The number of amides is 1. The first kappa shape index (κ1) is 16.0. The molecule has 4 aliphatic carbocycles. The standard InChI is InChI=1S/C16H23N3O2.ClH/c17-8-13-2-1-3-19(13)14(20)9-18-16-6-11-4-12(16)7-15(21,5-11)10-16;/h11-13,18,21H,1-7,9-10H2;1H/t11?,12?,13-,15?,16?;/m0./s1. The lowest BCUT2D eigenvalue weighted by molar-refractivity contribution is -0.130. The summed E-state index contributed by atoms with van der Waals surface area (Å²) >= 11 is 0. The molecule has 5 atom stereocenters. The Kier molecular flexibility index (Phi) is 3.91. The zero-order valence-electron chi connectivity index (χ0n) is 12.8. The van der Waals surface area contributed by atoms with Gasteiger partial charge in [-0.15, -0.1) is 12.4 Å². The Bertz CT molecular complexity index is 522. The maximum atomic E-state index is 12.4. The van der Waals surface area contributed by atoms with E-state index < -0.39 is 5.60 Å². The highest BCUT2D eigenvalue weighted by Crippen LogP contribution is 2.62. The number of nitrogens with zero attached hydrogens (tertiary/aromatic N) is 2. The van der Waals surface area contributed by atoms with Crippen molar-refractivity contribution in [2.75, 3.05) is 13.1 Å². The van der Waals surface area contributed by atoms with Gasteiger partial charge in [-0.25, -0.2) is 0 Å². The molecule has 0 aromatic heterocycles. The van der Waals surface area contributed by atoms with E-state index in [4.69, 9.17) is 5.26 Å². The average molecular weight is 326 g/mol. The minimum absolute atomic E-state index is 0. The Balaban J connectivity index is 0.00000144. The minimum atomic E-state index is -0.481. The molecule has 22 heavy (non-hydrogen) atoms. The predicted octanol–water partition coefficient (Wildman–Crippen LogP) is 1.21. The fourth-order valence-corrected chi connectivity index (χ4v) is 5.69. The summed E-state index contributed by atoms with van der Waals surface area (Å²) in [5.41, 5.74) is -0.500. The average Bonchev–Trinajstić information content (AvgIpc) is 3.04. The quantitative estimate of drug-likeness (QED) is 0.817. The topological polar surface area (TPSA) is 76.4 Å². The van der Waals surface area contributed by atoms with E-state index in [9.17, 15) is 9.90 Å².